The molecule has 0 aromatic carbocycles. The second-order valence-corrected chi connectivity index (χ2v) is 5.90. The van der Waals surface area contributed by atoms with Crippen LogP contribution < -0.4 is 5.32 Å². The van der Waals surface area contributed by atoms with E-state index in [1.165, 1.54) is 24.8 Å². The summed E-state index contributed by atoms with van der Waals surface area (Å²) in [4.78, 5) is 0. The van der Waals surface area contributed by atoms with E-state index in [4.69, 9.17) is 0 Å². The van der Waals surface area contributed by atoms with Gasteiger partial charge in [-0.05, 0) is 31.6 Å². The fourth-order valence-electron chi connectivity index (χ4n) is 2.69. The molecule has 1 saturated carbocycles. The Bertz CT molecular complexity index is 365. The van der Waals surface area contributed by atoms with E-state index in [1.807, 2.05) is 11.7 Å². The van der Waals surface area contributed by atoms with E-state index in [0.717, 1.165) is 12.2 Å². The molecule has 0 aliphatic heterocycles. The van der Waals surface area contributed by atoms with Crippen molar-refractivity contribution in [1.82, 2.24) is 15.1 Å². The van der Waals surface area contributed by atoms with Crippen molar-refractivity contribution >= 4 is 0 Å². The van der Waals surface area contributed by atoms with Crippen molar-refractivity contribution in [3.05, 3.63) is 17.5 Å². The lowest BCUT2D eigenvalue weighted by Crippen LogP contribution is -2.26. The molecule has 1 atom stereocenters. The van der Waals surface area contributed by atoms with Gasteiger partial charge in [0.25, 0.3) is 0 Å². The zero-order chi connectivity index (χ0) is 11.8. The molecule has 3 nitrogen and oxygen atoms in total. The summed E-state index contributed by atoms with van der Waals surface area (Å²) >= 11 is 0. The molecule has 1 fully saturated rings. The van der Waals surface area contributed by atoms with Crippen molar-refractivity contribution in [2.24, 2.45) is 12.5 Å². The normalized spacial score (nSPS) is 23.9. The first-order chi connectivity index (χ1) is 7.46. The summed E-state index contributed by atoms with van der Waals surface area (Å²) in [5, 5.41) is 8.02. The molecule has 0 amide bonds. The number of aryl methyl sites for hydroxylation is 2. The molecule has 1 unspecified atom stereocenters. The van der Waals surface area contributed by atoms with E-state index >= 15 is 0 Å². The van der Waals surface area contributed by atoms with Gasteiger partial charge < -0.3 is 5.32 Å². The maximum Gasteiger partial charge on any atom is 0.0638 e. The molecule has 16 heavy (non-hydrogen) atoms. The van der Waals surface area contributed by atoms with Gasteiger partial charge in [0, 0.05) is 31.4 Å². The lowest BCUT2D eigenvalue weighted by atomic mass is 9.92. The molecule has 90 valence electrons. The third kappa shape index (κ3) is 2.64. The van der Waals surface area contributed by atoms with Crippen LogP contribution in [0.15, 0.2) is 6.20 Å². The van der Waals surface area contributed by atoms with Crippen LogP contribution in [0.1, 0.15) is 44.4 Å². The molecular weight excluding hydrogens is 198 g/mol. The SMILES string of the molecule is Cc1nn(C)cc1CNC1CCC(C)(C)C1. The first-order valence-electron chi connectivity index (χ1n) is 6.19. The molecular formula is C13H23N3. The minimum Gasteiger partial charge on any atom is -0.310 e. The van der Waals surface area contributed by atoms with E-state index in [9.17, 15) is 0 Å². The number of hydrogen-bond acceptors (Lipinski definition) is 2. The van der Waals surface area contributed by atoms with Gasteiger partial charge in [-0.25, -0.2) is 0 Å². The molecule has 1 heterocycles. The minimum atomic E-state index is 0.529. The van der Waals surface area contributed by atoms with E-state index in [1.54, 1.807) is 0 Å². The monoisotopic (exact) mass is 221 g/mol. The highest BCUT2D eigenvalue weighted by molar-refractivity contribution is 5.15. The van der Waals surface area contributed by atoms with Gasteiger partial charge in [0.15, 0.2) is 0 Å². The van der Waals surface area contributed by atoms with Crippen molar-refractivity contribution < 1.29 is 0 Å². The van der Waals surface area contributed by atoms with E-state index in [2.05, 4.69) is 37.4 Å². The molecule has 1 N–H and O–H groups in total. The smallest absolute Gasteiger partial charge is 0.0638 e. The predicted octanol–water partition coefficient (Wildman–Crippen LogP) is 2.40. The van der Waals surface area contributed by atoms with Gasteiger partial charge in [-0.1, -0.05) is 13.8 Å². The summed E-state index contributed by atoms with van der Waals surface area (Å²) in [5.41, 5.74) is 3.00. The highest BCUT2D eigenvalue weighted by atomic mass is 15.2. The predicted molar refractivity (Wildman–Crippen MR) is 66.2 cm³/mol. The standard InChI is InChI=1S/C13H23N3/c1-10-11(9-16(4)15-10)8-14-12-5-6-13(2,3)7-12/h9,12,14H,5-8H2,1-4H3. The van der Waals surface area contributed by atoms with Crippen LogP contribution in [0.3, 0.4) is 0 Å². The molecule has 1 aromatic heterocycles. The van der Waals surface area contributed by atoms with Crippen LogP contribution in [0.4, 0.5) is 0 Å². The Hall–Kier alpha value is -0.830. The molecule has 0 saturated heterocycles. The van der Waals surface area contributed by atoms with E-state index in [-0.39, 0.29) is 0 Å². The average Bonchev–Trinajstić information content (AvgIpc) is 2.66. The third-order valence-corrected chi connectivity index (χ3v) is 3.66. The van der Waals surface area contributed by atoms with Crippen LogP contribution in [-0.4, -0.2) is 15.8 Å². The minimum absolute atomic E-state index is 0.529. The van der Waals surface area contributed by atoms with Gasteiger partial charge in [-0.15, -0.1) is 0 Å². The van der Waals surface area contributed by atoms with Crippen molar-refractivity contribution in [1.29, 1.82) is 0 Å². The Kier molecular flexibility index (Phi) is 3.06. The van der Waals surface area contributed by atoms with Crippen LogP contribution >= 0.6 is 0 Å². The highest BCUT2D eigenvalue weighted by Gasteiger charge is 2.30. The van der Waals surface area contributed by atoms with Crippen molar-refractivity contribution in [2.45, 2.75) is 52.6 Å². The van der Waals surface area contributed by atoms with Crippen LogP contribution in [0.25, 0.3) is 0 Å². The number of nitrogens with zero attached hydrogens (tertiary/aromatic N) is 2. The fourth-order valence-corrected chi connectivity index (χ4v) is 2.69. The molecule has 0 radical (unpaired) electrons. The second kappa shape index (κ2) is 4.21. The van der Waals surface area contributed by atoms with Crippen LogP contribution in [0.5, 0.6) is 0 Å². The molecule has 1 aliphatic carbocycles. The second-order valence-electron chi connectivity index (χ2n) is 5.90. The number of hydrogen-bond donors (Lipinski definition) is 1. The van der Waals surface area contributed by atoms with Crippen LogP contribution in [0.2, 0.25) is 0 Å². The Morgan fingerprint density at radius 3 is 2.81 bits per heavy atom. The largest absolute Gasteiger partial charge is 0.310 e. The fraction of sp³-hybridized carbons (Fsp3) is 0.769. The maximum absolute atomic E-state index is 4.36. The van der Waals surface area contributed by atoms with Gasteiger partial charge in [0.05, 0.1) is 5.69 Å². The Morgan fingerprint density at radius 1 is 1.56 bits per heavy atom. The topological polar surface area (TPSA) is 29.9 Å². The van der Waals surface area contributed by atoms with Gasteiger partial charge >= 0.3 is 0 Å². The number of nitrogens with one attached hydrogen (secondary N) is 1. The summed E-state index contributed by atoms with van der Waals surface area (Å²) in [5.74, 6) is 0. The third-order valence-electron chi connectivity index (χ3n) is 3.66. The molecule has 0 bridgehead atoms. The van der Waals surface area contributed by atoms with Crippen molar-refractivity contribution in [3.63, 3.8) is 0 Å². The summed E-state index contributed by atoms with van der Waals surface area (Å²) in [6, 6.07) is 0.689. The lowest BCUT2D eigenvalue weighted by molar-refractivity contribution is 0.364. The van der Waals surface area contributed by atoms with Gasteiger partial charge in [-0.2, -0.15) is 5.10 Å². The lowest BCUT2D eigenvalue weighted by Gasteiger charge is -2.17. The summed E-state index contributed by atoms with van der Waals surface area (Å²) < 4.78 is 1.89. The van der Waals surface area contributed by atoms with Gasteiger partial charge in [0.1, 0.15) is 0 Å². The molecule has 3 heteroatoms. The average molecular weight is 221 g/mol. The van der Waals surface area contributed by atoms with E-state index in [0.29, 0.717) is 11.5 Å². The zero-order valence-electron chi connectivity index (χ0n) is 10.9. The molecule has 1 aromatic rings. The van der Waals surface area contributed by atoms with E-state index < -0.39 is 0 Å². The quantitative estimate of drug-likeness (QED) is 0.849. The maximum atomic E-state index is 4.36. The number of aromatic nitrogens is 2. The first-order valence-corrected chi connectivity index (χ1v) is 6.19. The van der Waals surface area contributed by atoms with Crippen molar-refractivity contribution in [2.75, 3.05) is 0 Å². The Labute approximate surface area is 98.2 Å². The highest BCUT2D eigenvalue weighted by Crippen LogP contribution is 2.36. The van der Waals surface area contributed by atoms with Crippen molar-refractivity contribution in [3.8, 4) is 0 Å². The zero-order valence-corrected chi connectivity index (χ0v) is 10.9. The summed E-state index contributed by atoms with van der Waals surface area (Å²) in [6.07, 6.45) is 6.07. The molecule has 2 rings (SSSR count). The first kappa shape index (κ1) is 11.6. The molecule has 0 spiro atoms. The Balaban J connectivity index is 1.87. The summed E-state index contributed by atoms with van der Waals surface area (Å²) in [6.45, 7) is 7.77. The summed E-state index contributed by atoms with van der Waals surface area (Å²) in [7, 11) is 1.98. The van der Waals surface area contributed by atoms with Crippen LogP contribution in [0, 0.1) is 12.3 Å². The Morgan fingerprint density at radius 2 is 2.31 bits per heavy atom. The van der Waals surface area contributed by atoms with Gasteiger partial charge in [0.2, 0.25) is 0 Å². The molecule has 1 aliphatic rings. The van der Waals surface area contributed by atoms with Crippen LogP contribution in [-0.2, 0) is 13.6 Å². The van der Waals surface area contributed by atoms with Gasteiger partial charge in [-0.3, -0.25) is 4.68 Å². The number of rotatable bonds is 3.